The summed E-state index contributed by atoms with van der Waals surface area (Å²) in [7, 11) is 1.39. The number of ether oxygens (including phenoxy) is 1. The van der Waals surface area contributed by atoms with Crippen LogP contribution in [0.1, 0.15) is 6.92 Å². The zero-order valence-electron chi connectivity index (χ0n) is 8.26. The molecule has 15 heavy (non-hydrogen) atoms. The van der Waals surface area contributed by atoms with Crippen molar-refractivity contribution in [2.75, 3.05) is 6.54 Å². The second kappa shape index (κ2) is 4.40. The van der Waals surface area contributed by atoms with Crippen LogP contribution in [-0.2, 0) is 7.05 Å². The quantitative estimate of drug-likeness (QED) is 0.581. The molecule has 82 valence electrons. The molecule has 0 saturated carbocycles. The second-order valence-corrected chi connectivity index (χ2v) is 2.63. The Morgan fingerprint density at radius 2 is 2.47 bits per heavy atom. The van der Waals surface area contributed by atoms with E-state index in [-0.39, 0.29) is 11.8 Å². The van der Waals surface area contributed by atoms with Gasteiger partial charge in [-0.15, -0.1) is 0 Å². The highest BCUT2D eigenvalue weighted by molar-refractivity contribution is 5.69. The summed E-state index contributed by atoms with van der Waals surface area (Å²) in [5.74, 6) is -0.241. The first-order valence-corrected chi connectivity index (χ1v) is 4.18. The lowest BCUT2D eigenvalue weighted by Gasteiger charge is -2.00. The van der Waals surface area contributed by atoms with Gasteiger partial charge in [0.15, 0.2) is 0 Å². The number of hydrogen-bond donors (Lipinski definition) is 1. The van der Waals surface area contributed by atoms with Gasteiger partial charge in [0.25, 0.3) is 0 Å². The van der Waals surface area contributed by atoms with Crippen molar-refractivity contribution in [2.45, 2.75) is 6.92 Å². The van der Waals surface area contributed by atoms with E-state index in [2.05, 4.69) is 10.3 Å². The lowest BCUT2D eigenvalue weighted by atomic mass is 10.7. The van der Waals surface area contributed by atoms with Crippen LogP contribution in [0.4, 0.5) is 10.6 Å². The van der Waals surface area contributed by atoms with E-state index in [9.17, 15) is 14.9 Å². The lowest BCUT2D eigenvalue weighted by Crippen LogP contribution is -2.27. The van der Waals surface area contributed by atoms with Gasteiger partial charge in [0, 0.05) is 6.54 Å². The van der Waals surface area contributed by atoms with Crippen LogP contribution < -0.4 is 10.1 Å². The molecule has 8 nitrogen and oxygen atoms in total. The van der Waals surface area contributed by atoms with Gasteiger partial charge in [-0.25, -0.2) is 4.79 Å². The van der Waals surface area contributed by atoms with Crippen LogP contribution >= 0.6 is 0 Å². The third-order valence-electron chi connectivity index (χ3n) is 1.61. The van der Waals surface area contributed by atoms with Crippen molar-refractivity contribution in [3.05, 3.63) is 16.3 Å². The number of carbonyl (C=O) groups excluding carboxylic acids is 1. The number of rotatable bonds is 3. The molecule has 1 aromatic rings. The molecular formula is C7H10N4O4. The van der Waals surface area contributed by atoms with Gasteiger partial charge in [-0.3, -0.25) is 0 Å². The summed E-state index contributed by atoms with van der Waals surface area (Å²) in [5, 5.41) is 12.8. The average Bonchev–Trinajstić information content (AvgIpc) is 2.48. The fourth-order valence-corrected chi connectivity index (χ4v) is 0.912. The van der Waals surface area contributed by atoms with Crippen molar-refractivity contribution < 1.29 is 14.5 Å². The molecule has 0 unspecified atom stereocenters. The van der Waals surface area contributed by atoms with Crippen LogP contribution in [0.15, 0.2) is 6.20 Å². The topological polar surface area (TPSA) is 99.3 Å². The average molecular weight is 214 g/mol. The number of imidazole rings is 1. The monoisotopic (exact) mass is 214 g/mol. The fourth-order valence-electron chi connectivity index (χ4n) is 0.912. The van der Waals surface area contributed by atoms with E-state index in [1.54, 1.807) is 6.92 Å². The molecule has 1 heterocycles. The first kappa shape index (κ1) is 11.0. The number of amides is 1. The molecule has 8 heteroatoms. The molecule has 0 saturated heterocycles. The van der Waals surface area contributed by atoms with E-state index >= 15 is 0 Å². The van der Waals surface area contributed by atoms with E-state index in [1.807, 2.05) is 0 Å². The van der Waals surface area contributed by atoms with Crippen LogP contribution in [-0.4, -0.2) is 27.1 Å². The van der Waals surface area contributed by atoms with Crippen LogP contribution in [0.5, 0.6) is 6.01 Å². The minimum atomic E-state index is -0.693. The molecule has 0 atom stereocenters. The molecule has 0 spiro atoms. The van der Waals surface area contributed by atoms with Crippen molar-refractivity contribution >= 4 is 11.9 Å². The highest BCUT2D eigenvalue weighted by Crippen LogP contribution is 2.17. The molecule has 0 aromatic carbocycles. The third-order valence-corrected chi connectivity index (χ3v) is 1.61. The zero-order valence-corrected chi connectivity index (χ0v) is 8.26. The Bertz CT molecular complexity index is 386. The fraction of sp³-hybridized carbons (Fsp3) is 0.429. The zero-order chi connectivity index (χ0) is 11.4. The Morgan fingerprint density at radius 3 is 2.93 bits per heavy atom. The molecule has 1 amide bonds. The summed E-state index contributed by atoms with van der Waals surface area (Å²) >= 11 is 0. The molecule has 1 N–H and O–H groups in total. The van der Waals surface area contributed by atoms with E-state index in [0.29, 0.717) is 6.54 Å². The summed E-state index contributed by atoms with van der Waals surface area (Å²) in [6.45, 7) is 2.13. The summed E-state index contributed by atoms with van der Waals surface area (Å²) in [5.41, 5.74) is 0. The van der Waals surface area contributed by atoms with Gasteiger partial charge in [0.05, 0.1) is 7.05 Å². The van der Waals surface area contributed by atoms with Crippen molar-refractivity contribution in [2.24, 2.45) is 7.05 Å². The maximum Gasteiger partial charge on any atom is 0.416 e. The maximum atomic E-state index is 11.0. The van der Waals surface area contributed by atoms with E-state index in [4.69, 9.17) is 4.74 Å². The highest BCUT2D eigenvalue weighted by Gasteiger charge is 2.19. The molecule has 1 rings (SSSR count). The number of nitro groups is 1. The van der Waals surface area contributed by atoms with Crippen molar-refractivity contribution in [1.29, 1.82) is 0 Å². The summed E-state index contributed by atoms with van der Waals surface area (Å²) in [4.78, 5) is 24.4. The van der Waals surface area contributed by atoms with Gasteiger partial charge < -0.3 is 20.2 Å². The van der Waals surface area contributed by atoms with Gasteiger partial charge in [0.1, 0.15) is 6.20 Å². The van der Waals surface area contributed by atoms with Crippen LogP contribution in [0.2, 0.25) is 0 Å². The smallest absolute Gasteiger partial charge is 0.358 e. The van der Waals surface area contributed by atoms with Crippen molar-refractivity contribution in [1.82, 2.24) is 14.9 Å². The standard InChI is InChI=1S/C7H10N4O4/c1-3-8-7(12)15-6-9-4-5(10(6)2)11(13)14/h4H,3H2,1-2H3,(H,8,12). The molecule has 1 aromatic heterocycles. The molecule has 0 aliphatic carbocycles. The van der Waals surface area contributed by atoms with Gasteiger partial charge in [0.2, 0.25) is 0 Å². The van der Waals surface area contributed by atoms with E-state index in [1.165, 1.54) is 7.05 Å². The number of aromatic nitrogens is 2. The lowest BCUT2D eigenvalue weighted by molar-refractivity contribution is -0.391. The first-order valence-electron chi connectivity index (χ1n) is 4.18. The maximum absolute atomic E-state index is 11.0. The molecule has 0 aliphatic heterocycles. The summed E-state index contributed by atoms with van der Waals surface area (Å²) in [6, 6.07) is -0.118. The van der Waals surface area contributed by atoms with Gasteiger partial charge >= 0.3 is 17.9 Å². The normalized spacial score (nSPS) is 9.73. The van der Waals surface area contributed by atoms with Crippen LogP contribution in [0.3, 0.4) is 0 Å². The van der Waals surface area contributed by atoms with Crippen LogP contribution in [0.25, 0.3) is 0 Å². The Hall–Kier alpha value is -2.12. The molecule has 0 aliphatic rings. The Balaban J connectivity index is 2.79. The largest absolute Gasteiger partial charge is 0.416 e. The van der Waals surface area contributed by atoms with Gasteiger partial charge in [-0.05, 0) is 11.8 Å². The molecular weight excluding hydrogens is 204 g/mol. The third kappa shape index (κ3) is 2.42. The Morgan fingerprint density at radius 1 is 1.80 bits per heavy atom. The van der Waals surface area contributed by atoms with Crippen LogP contribution in [0, 0.1) is 10.1 Å². The van der Waals surface area contributed by atoms with Crippen molar-refractivity contribution in [3.8, 4) is 6.01 Å². The molecule has 0 fully saturated rings. The van der Waals surface area contributed by atoms with Gasteiger partial charge in [-0.2, -0.15) is 9.55 Å². The molecule has 0 bridgehead atoms. The van der Waals surface area contributed by atoms with E-state index in [0.717, 1.165) is 10.8 Å². The number of nitrogens with zero attached hydrogens (tertiary/aromatic N) is 3. The SMILES string of the molecule is CCNC(=O)Oc1ncc([N+](=O)[O-])n1C. The van der Waals surface area contributed by atoms with Gasteiger partial charge in [-0.1, -0.05) is 0 Å². The Labute approximate surface area is 85.0 Å². The second-order valence-electron chi connectivity index (χ2n) is 2.63. The van der Waals surface area contributed by atoms with Crippen molar-refractivity contribution in [3.63, 3.8) is 0 Å². The minimum Gasteiger partial charge on any atom is -0.358 e. The number of hydrogen-bond acceptors (Lipinski definition) is 5. The number of carbonyl (C=O) groups is 1. The molecule has 0 radical (unpaired) electrons. The first-order chi connectivity index (χ1) is 7.06. The predicted molar refractivity (Wildman–Crippen MR) is 49.6 cm³/mol. The van der Waals surface area contributed by atoms with E-state index < -0.39 is 11.0 Å². The Kier molecular flexibility index (Phi) is 3.21. The highest BCUT2D eigenvalue weighted by atomic mass is 16.6. The minimum absolute atomic E-state index is 0.118. The predicted octanol–water partition coefficient (Wildman–Crippen LogP) is 0.437. The summed E-state index contributed by atoms with van der Waals surface area (Å²) < 4.78 is 5.79. The summed E-state index contributed by atoms with van der Waals surface area (Å²) in [6.07, 6.45) is 0.329. The number of nitrogens with one attached hydrogen (secondary N) is 1.